The number of likely N-dealkylation sites (N-methyl/N-ethyl adjacent to an activating group) is 1. The molecule has 1 aromatic rings. The Bertz CT molecular complexity index is 495. The number of halogens is 1. The van der Waals surface area contributed by atoms with Crippen molar-refractivity contribution in [3.8, 4) is 0 Å². The lowest BCUT2D eigenvalue weighted by atomic mass is 10.2. The molecule has 1 atom stereocenters. The summed E-state index contributed by atoms with van der Waals surface area (Å²) >= 11 is 4.42. The molecule has 0 saturated heterocycles. The predicted octanol–water partition coefficient (Wildman–Crippen LogP) is 1.90. The highest BCUT2D eigenvalue weighted by Gasteiger charge is 2.33. The lowest BCUT2D eigenvalue weighted by Crippen LogP contribution is -2.34. The minimum absolute atomic E-state index is 0.169. The van der Waals surface area contributed by atoms with Crippen molar-refractivity contribution in [2.75, 3.05) is 13.6 Å². The van der Waals surface area contributed by atoms with E-state index >= 15 is 0 Å². The van der Waals surface area contributed by atoms with Gasteiger partial charge >= 0.3 is 0 Å². The summed E-state index contributed by atoms with van der Waals surface area (Å²) in [5.74, 6) is 0.280. The molecule has 0 aliphatic heterocycles. The summed E-state index contributed by atoms with van der Waals surface area (Å²) in [4.78, 5) is 0. The highest BCUT2D eigenvalue weighted by molar-refractivity contribution is 9.11. The van der Waals surface area contributed by atoms with Gasteiger partial charge in [0.2, 0.25) is 0 Å². The Morgan fingerprint density at radius 3 is 2.71 bits per heavy atom. The molecule has 4 nitrogen and oxygen atoms in total. The average Bonchev–Trinajstić information content (AvgIpc) is 3.01. The van der Waals surface area contributed by atoms with Crippen LogP contribution in [0.5, 0.6) is 0 Å². The van der Waals surface area contributed by atoms with E-state index in [1.54, 1.807) is 12.1 Å². The first-order valence-electron chi connectivity index (χ1n) is 5.31. The molecular weight excluding hydrogens is 326 g/mol. The summed E-state index contributed by atoms with van der Waals surface area (Å²) in [5, 5.41) is 9.76. The van der Waals surface area contributed by atoms with Crippen LogP contribution in [0.2, 0.25) is 0 Å². The summed E-state index contributed by atoms with van der Waals surface area (Å²) in [6.07, 6.45) is 1.46. The molecule has 17 heavy (non-hydrogen) atoms. The zero-order valence-electron chi connectivity index (χ0n) is 9.34. The van der Waals surface area contributed by atoms with Crippen LogP contribution in [-0.2, 0) is 10.0 Å². The third kappa shape index (κ3) is 3.08. The van der Waals surface area contributed by atoms with Gasteiger partial charge in [0.15, 0.2) is 0 Å². The van der Waals surface area contributed by atoms with Crippen molar-refractivity contribution in [1.29, 1.82) is 0 Å². The Balaban J connectivity index is 2.09. The maximum absolute atomic E-state index is 12.1. The fraction of sp³-hybridized carbons (Fsp3) is 0.600. The van der Waals surface area contributed by atoms with Gasteiger partial charge in [-0.1, -0.05) is 0 Å². The first-order valence-corrected chi connectivity index (χ1v) is 8.36. The summed E-state index contributed by atoms with van der Waals surface area (Å²) in [6, 6.07) is 3.28. The number of aliphatic hydroxyl groups excluding tert-OH is 1. The zero-order chi connectivity index (χ0) is 12.6. The Labute approximate surface area is 113 Å². The van der Waals surface area contributed by atoms with Gasteiger partial charge in [0, 0.05) is 13.6 Å². The first-order chi connectivity index (χ1) is 7.91. The standard InChI is InChI=1S/C10H14BrNO3S2/c1-12(6-8(13)7-2-3-7)17(14,15)10-5-4-9(11)16-10/h4-5,7-8,13H,2-3,6H2,1H3. The van der Waals surface area contributed by atoms with Gasteiger partial charge in [0.25, 0.3) is 10.0 Å². The van der Waals surface area contributed by atoms with E-state index < -0.39 is 16.1 Å². The SMILES string of the molecule is CN(CC(O)C1CC1)S(=O)(=O)c1ccc(Br)s1. The van der Waals surface area contributed by atoms with Gasteiger partial charge in [-0.05, 0) is 46.8 Å². The van der Waals surface area contributed by atoms with Crippen LogP contribution in [0.3, 0.4) is 0 Å². The van der Waals surface area contributed by atoms with Crippen LogP contribution in [0.1, 0.15) is 12.8 Å². The molecule has 0 bridgehead atoms. The molecule has 2 rings (SSSR count). The Kier molecular flexibility index (Phi) is 3.94. The number of hydrogen-bond donors (Lipinski definition) is 1. The number of thiophene rings is 1. The minimum Gasteiger partial charge on any atom is -0.391 e. The van der Waals surface area contributed by atoms with Crippen molar-refractivity contribution in [2.45, 2.75) is 23.2 Å². The van der Waals surface area contributed by atoms with Crippen molar-refractivity contribution < 1.29 is 13.5 Å². The molecule has 0 spiro atoms. The fourth-order valence-corrected chi connectivity index (χ4v) is 4.99. The minimum atomic E-state index is -3.46. The normalized spacial score (nSPS) is 18.6. The second kappa shape index (κ2) is 4.97. The molecule has 1 aliphatic rings. The van der Waals surface area contributed by atoms with E-state index in [1.807, 2.05) is 0 Å². The zero-order valence-corrected chi connectivity index (χ0v) is 12.6. The molecule has 0 radical (unpaired) electrons. The molecule has 1 aromatic heterocycles. The monoisotopic (exact) mass is 339 g/mol. The lowest BCUT2D eigenvalue weighted by molar-refractivity contribution is 0.131. The van der Waals surface area contributed by atoms with Crippen molar-refractivity contribution >= 4 is 37.3 Å². The van der Waals surface area contributed by atoms with E-state index in [2.05, 4.69) is 15.9 Å². The Morgan fingerprint density at radius 1 is 1.59 bits per heavy atom. The average molecular weight is 340 g/mol. The van der Waals surface area contributed by atoms with Crippen molar-refractivity contribution in [3.05, 3.63) is 15.9 Å². The molecule has 96 valence electrons. The number of rotatable bonds is 5. The van der Waals surface area contributed by atoms with E-state index in [0.29, 0.717) is 4.21 Å². The van der Waals surface area contributed by atoms with Gasteiger partial charge in [-0.3, -0.25) is 0 Å². The molecule has 0 aromatic carbocycles. The molecule has 1 saturated carbocycles. The van der Waals surface area contributed by atoms with Gasteiger partial charge < -0.3 is 5.11 Å². The third-order valence-electron chi connectivity index (χ3n) is 2.82. The van der Waals surface area contributed by atoms with E-state index in [-0.39, 0.29) is 12.5 Å². The molecule has 0 amide bonds. The summed E-state index contributed by atoms with van der Waals surface area (Å²) in [7, 11) is -1.95. The molecule has 1 aliphatic carbocycles. The van der Waals surface area contributed by atoms with Crippen LogP contribution in [-0.4, -0.2) is 37.5 Å². The maximum Gasteiger partial charge on any atom is 0.252 e. The number of hydrogen-bond acceptors (Lipinski definition) is 4. The second-order valence-corrected chi connectivity index (χ2v) is 8.98. The summed E-state index contributed by atoms with van der Waals surface area (Å²) in [6.45, 7) is 0.169. The first kappa shape index (κ1) is 13.5. The van der Waals surface area contributed by atoms with Crippen molar-refractivity contribution in [2.24, 2.45) is 5.92 Å². The van der Waals surface area contributed by atoms with Gasteiger partial charge in [0.05, 0.1) is 9.89 Å². The van der Waals surface area contributed by atoms with Crippen LogP contribution in [0.4, 0.5) is 0 Å². The van der Waals surface area contributed by atoms with Crippen LogP contribution < -0.4 is 0 Å². The van der Waals surface area contributed by atoms with Crippen LogP contribution in [0, 0.1) is 5.92 Å². The van der Waals surface area contributed by atoms with Crippen LogP contribution in [0.15, 0.2) is 20.1 Å². The van der Waals surface area contributed by atoms with Crippen molar-refractivity contribution in [1.82, 2.24) is 4.31 Å². The fourth-order valence-electron chi connectivity index (χ4n) is 1.58. The number of aliphatic hydroxyl groups is 1. The number of nitrogens with zero attached hydrogens (tertiary/aromatic N) is 1. The van der Waals surface area contributed by atoms with Gasteiger partial charge in [-0.15, -0.1) is 11.3 Å². The summed E-state index contributed by atoms with van der Waals surface area (Å²) < 4.78 is 26.6. The third-order valence-corrected chi connectivity index (χ3v) is 6.74. The molecule has 1 N–H and O–H groups in total. The van der Waals surface area contributed by atoms with E-state index in [4.69, 9.17) is 0 Å². The largest absolute Gasteiger partial charge is 0.391 e. The molecular formula is C10H14BrNO3S2. The molecule has 1 heterocycles. The molecule has 1 fully saturated rings. The van der Waals surface area contributed by atoms with Gasteiger partial charge in [-0.25, -0.2) is 8.42 Å². The van der Waals surface area contributed by atoms with Crippen LogP contribution in [0.25, 0.3) is 0 Å². The second-order valence-electron chi connectivity index (χ2n) is 4.25. The molecule has 1 unspecified atom stereocenters. The Hall–Kier alpha value is 0.0500. The maximum atomic E-state index is 12.1. The topological polar surface area (TPSA) is 57.6 Å². The quantitative estimate of drug-likeness (QED) is 0.891. The van der Waals surface area contributed by atoms with Gasteiger partial charge in [0.1, 0.15) is 4.21 Å². The number of sulfonamides is 1. The van der Waals surface area contributed by atoms with E-state index in [9.17, 15) is 13.5 Å². The van der Waals surface area contributed by atoms with Crippen molar-refractivity contribution in [3.63, 3.8) is 0 Å². The lowest BCUT2D eigenvalue weighted by Gasteiger charge is -2.19. The predicted molar refractivity (Wildman–Crippen MR) is 70.6 cm³/mol. The molecule has 7 heteroatoms. The van der Waals surface area contributed by atoms with Gasteiger partial charge in [-0.2, -0.15) is 4.31 Å². The smallest absolute Gasteiger partial charge is 0.252 e. The van der Waals surface area contributed by atoms with Crippen LogP contribution >= 0.6 is 27.3 Å². The highest BCUT2D eigenvalue weighted by Crippen LogP contribution is 2.34. The van der Waals surface area contributed by atoms with E-state index in [1.165, 1.54) is 22.7 Å². The van der Waals surface area contributed by atoms with E-state index in [0.717, 1.165) is 16.6 Å². The Morgan fingerprint density at radius 2 is 2.24 bits per heavy atom. The highest BCUT2D eigenvalue weighted by atomic mass is 79.9. The summed E-state index contributed by atoms with van der Waals surface area (Å²) in [5.41, 5.74) is 0.